The Bertz CT molecular complexity index is 1450. The number of hydrogen-bond donors (Lipinski definition) is 1. The van der Waals surface area contributed by atoms with Gasteiger partial charge in [-0.2, -0.15) is 32.8 Å². The van der Waals surface area contributed by atoms with Crippen LogP contribution in [0, 0.1) is 17.2 Å². The zero-order valence-corrected chi connectivity index (χ0v) is 35.3. The van der Waals surface area contributed by atoms with Gasteiger partial charge in [0.2, 0.25) is 6.15 Å². The molecule has 200 valence electrons. The van der Waals surface area contributed by atoms with Gasteiger partial charge < -0.3 is 0 Å². The minimum Gasteiger partial charge on any atom is -0.248 e. The summed E-state index contributed by atoms with van der Waals surface area (Å²) in [6.45, 7) is 0. The van der Waals surface area contributed by atoms with E-state index >= 15 is 0 Å². The largest absolute Gasteiger partial charge is 1.00 e. The molecule has 0 amide bonds. The molecule has 0 aromatic heterocycles. The van der Waals surface area contributed by atoms with Crippen LogP contribution in [0.3, 0.4) is 0 Å². The molecule has 6 aromatic rings. The third kappa shape index (κ3) is 7.87. The zero-order chi connectivity index (χ0) is 29.1. The number of hydrogen-bond acceptors (Lipinski definition) is 1. The summed E-state index contributed by atoms with van der Waals surface area (Å²) in [4.78, 5) is 0. The van der Waals surface area contributed by atoms with E-state index < -0.39 is 12.3 Å². The summed E-state index contributed by atoms with van der Waals surface area (Å²) in [7, 11) is 0. The van der Waals surface area contributed by atoms with E-state index in [9.17, 15) is 5.26 Å². The van der Waals surface area contributed by atoms with Crippen LogP contribution in [0.2, 0.25) is 0 Å². The van der Waals surface area contributed by atoms with E-state index in [1.807, 2.05) is 146 Å². The SMILES string of the molecule is N#C[B-](c1ccccc1)(c1ccccc1)c1ccccc1.[NH+]#C[B-](c1ccccc1)(c1ccccc1)c1ccccc1.[Rb+].[Rb+]. The van der Waals surface area contributed by atoms with Gasteiger partial charge in [0.25, 0.3) is 0 Å². The van der Waals surface area contributed by atoms with Crippen LogP contribution in [0.1, 0.15) is 0 Å². The van der Waals surface area contributed by atoms with Gasteiger partial charge >= 0.3 is 116 Å². The van der Waals surface area contributed by atoms with Gasteiger partial charge in [0.05, 0.1) is 5.97 Å². The first kappa shape index (κ1) is 36.5. The first-order chi connectivity index (χ1) is 20.8. The van der Waals surface area contributed by atoms with Crippen molar-refractivity contribution in [2.24, 2.45) is 0 Å². The van der Waals surface area contributed by atoms with E-state index in [1.54, 1.807) is 0 Å². The van der Waals surface area contributed by atoms with Crippen LogP contribution in [-0.4, -0.2) is 12.3 Å². The van der Waals surface area contributed by atoms with Gasteiger partial charge in [-0.15, -0.1) is 11.2 Å². The second-order valence-electron chi connectivity index (χ2n) is 10.5. The fourth-order valence-corrected chi connectivity index (χ4v) is 6.08. The normalized spacial score (nSPS) is 10.3. The predicted octanol–water partition coefficient (Wildman–Crippen LogP) is -3.30. The molecule has 0 aliphatic heterocycles. The smallest absolute Gasteiger partial charge is 0.248 e. The fourth-order valence-electron chi connectivity index (χ4n) is 6.08. The van der Waals surface area contributed by atoms with Crippen molar-refractivity contribution in [3.8, 4) is 11.9 Å². The van der Waals surface area contributed by atoms with E-state index in [1.165, 1.54) is 0 Å². The molecule has 0 unspecified atom stereocenters. The summed E-state index contributed by atoms with van der Waals surface area (Å²) in [5.41, 5.74) is 6.51. The molecule has 0 heterocycles. The maximum atomic E-state index is 10.1. The van der Waals surface area contributed by atoms with Crippen molar-refractivity contribution in [3.63, 3.8) is 0 Å². The van der Waals surface area contributed by atoms with Crippen LogP contribution in [0.25, 0.3) is 0 Å². The van der Waals surface area contributed by atoms with Crippen LogP contribution in [0.15, 0.2) is 182 Å². The molecule has 0 spiro atoms. The second kappa shape index (κ2) is 18.3. The Hall–Kier alpha value is -1.96. The predicted molar refractivity (Wildman–Crippen MR) is 178 cm³/mol. The van der Waals surface area contributed by atoms with E-state index in [0.717, 1.165) is 32.8 Å². The number of rotatable bonds is 6. The maximum absolute atomic E-state index is 10.1. The second-order valence-corrected chi connectivity index (χ2v) is 10.5. The fraction of sp³-hybridized carbons (Fsp3) is 0. The minimum atomic E-state index is -1.59. The molecule has 0 radical (unpaired) electrons. The van der Waals surface area contributed by atoms with Crippen LogP contribution in [0.5, 0.6) is 0 Å². The van der Waals surface area contributed by atoms with Gasteiger partial charge in [-0.25, -0.2) is 5.26 Å². The van der Waals surface area contributed by atoms with Crippen LogP contribution in [-0.2, 0) is 0 Å². The number of nitriles is 1. The van der Waals surface area contributed by atoms with Crippen molar-refractivity contribution in [1.29, 1.82) is 5.26 Å². The molecule has 0 aliphatic carbocycles. The standard InChI is InChI=1S/2C19H15BN.2Rb/c2*21-16-20(17-10-4-1-5-11-17,18-12-6-2-7-13-18)19-14-8-3-9-15-19;;/h2*1-15H;;/q2*-1;2*+1/p+1. The Morgan fingerprint density at radius 3 is 0.682 bits per heavy atom. The van der Waals surface area contributed by atoms with E-state index in [-0.39, 0.29) is 116 Å². The Kier molecular flexibility index (Phi) is 15.1. The Morgan fingerprint density at radius 2 is 0.523 bits per heavy atom. The molecule has 6 heteroatoms. The average Bonchev–Trinajstić information content (AvgIpc) is 3.09. The van der Waals surface area contributed by atoms with Crippen molar-refractivity contribution in [3.05, 3.63) is 182 Å². The third-order valence-electron chi connectivity index (χ3n) is 8.21. The van der Waals surface area contributed by atoms with E-state index in [2.05, 4.69) is 48.3 Å². The Morgan fingerprint density at radius 1 is 0.341 bits per heavy atom. The first-order valence-corrected chi connectivity index (χ1v) is 14.2. The summed E-state index contributed by atoms with van der Waals surface area (Å²) in [6, 6.07) is 60.9. The van der Waals surface area contributed by atoms with Crippen LogP contribution in [0.4, 0.5) is 0 Å². The molecule has 0 fully saturated rings. The number of nitrogens with zero attached hydrogens (tertiary/aromatic N) is 1. The summed E-state index contributed by atoms with van der Waals surface area (Å²) < 4.78 is 0. The molecular weight excluding hydrogens is 677 g/mol. The van der Waals surface area contributed by atoms with E-state index in [0.29, 0.717) is 0 Å². The topological polar surface area (TPSA) is 47.6 Å². The van der Waals surface area contributed by atoms with Gasteiger partial charge in [0.1, 0.15) is 0 Å². The monoisotopic (exact) mass is 707 g/mol. The minimum absolute atomic E-state index is 0. The maximum Gasteiger partial charge on any atom is 1.00 e. The number of benzene rings is 6. The third-order valence-corrected chi connectivity index (χ3v) is 8.21. The molecule has 1 N–H and O–H groups in total. The van der Waals surface area contributed by atoms with E-state index in [4.69, 9.17) is 5.26 Å². The van der Waals surface area contributed by atoms with Gasteiger partial charge in [-0.3, -0.25) is 0 Å². The molecule has 0 saturated heterocycles. The average molecular weight is 708 g/mol. The molecule has 2 nitrogen and oxygen atoms in total. The quantitative estimate of drug-likeness (QED) is 0.182. The molecule has 0 atom stereocenters. The van der Waals surface area contributed by atoms with Gasteiger partial charge in [0.15, 0.2) is 6.15 Å². The number of nitrogens with one attached hydrogen (secondary N) is 1. The van der Waals surface area contributed by atoms with Crippen molar-refractivity contribution in [2.45, 2.75) is 0 Å². The molecule has 44 heavy (non-hydrogen) atoms. The van der Waals surface area contributed by atoms with Crippen molar-refractivity contribution < 1.29 is 122 Å². The molecule has 6 rings (SSSR count). The van der Waals surface area contributed by atoms with Gasteiger partial charge in [-0.05, 0) is 0 Å². The summed E-state index contributed by atoms with van der Waals surface area (Å²) in [5.74, 6) is 5.50. The van der Waals surface area contributed by atoms with Gasteiger partial charge in [0, 0.05) is 0 Å². The van der Waals surface area contributed by atoms with Crippen molar-refractivity contribution in [2.75, 3.05) is 0 Å². The molecule has 0 saturated carbocycles. The molecular formula is C38H31B2N2Rb2+. The van der Waals surface area contributed by atoms with Crippen LogP contribution >= 0.6 is 0 Å². The Labute approximate surface area is 359 Å². The van der Waals surface area contributed by atoms with Crippen LogP contribution < -0.4 is 154 Å². The van der Waals surface area contributed by atoms with Gasteiger partial charge in [-0.1, -0.05) is 182 Å². The summed E-state index contributed by atoms with van der Waals surface area (Å²) >= 11 is 0. The molecule has 0 bridgehead atoms. The Balaban J connectivity index is 0.000000230. The van der Waals surface area contributed by atoms with Crippen molar-refractivity contribution >= 4 is 45.1 Å². The molecule has 0 aliphatic rings. The zero-order valence-electron chi connectivity index (χ0n) is 25.4. The molecule has 6 aromatic carbocycles. The summed E-state index contributed by atoms with van der Waals surface area (Å²) in [5, 5.41) is 18.2. The van der Waals surface area contributed by atoms with Crippen molar-refractivity contribution in [1.82, 2.24) is 0 Å². The first-order valence-electron chi connectivity index (χ1n) is 14.2. The summed E-state index contributed by atoms with van der Waals surface area (Å²) in [6.07, 6.45) is -3.07.